The number of aliphatic hydroxyl groups is 1. The highest BCUT2D eigenvalue weighted by molar-refractivity contribution is 5.78. The summed E-state index contributed by atoms with van der Waals surface area (Å²) >= 11 is 0. The highest BCUT2D eigenvalue weighted by atomic mass is 16.4. The molecule has 0 saturated carbocycles. The van der Waals surface area contributed by atoms with Gasteiger partial charge in [0.05, 0.1) is 11.5 Å². The second-order valence-electron chi connectivity index (χ2n) is 6.52. The van der Waals surface area contributed by atoms with Crippen molar-refractivity contribution in [1.82, 2.24) is 14.5 Å². The maximum absolute atomic E-state index is 12.4. The zero-order chi connectivity index (χ0) is 18.8. The number of aryl methyl sites for hydroxylation is 1. The van der Waals surface area contributed by atoms with Crippen LogP contribution in [0.3, 0.4) is 0 Å². The molecule has 1 aromatic rings. The van der Waals surface area contributed by atoms with Crippen LogP contribution in [0.5, 0.6) is 0 Å². The summed E-state index contributed by atoms with van der Waals surface area (Å²) in [5.74, 6) is -1.47. The van der Waals surface area contributed by atoms with E-state index in [-0.39, 0.29) is 26.1 Å². The lowest BCUT2D eigenvalue weighted by Gasteiger charge is -2.42. The second kappa shape index (κ2) is 7.22. The van der Waals surface area contributed by atoms with E-state index >= 15 is 0 Å². The van der Waals surface area contributed by atoms with Gasteiger partial charge in [-0.3, -0.25) is 23.9 Å². The van der Waals surface area contributed by atoms with Gasteiger partial charge in [0.25, 0.3) is 5.56 Å². The van der Waals surface area contributed by atoms with Gasteiger partial charge in [-0.15, -0.1) is 0 Å². The molecule has 1 aliphatic rings. The Labute approximate surface area is 143 Å². The van der Waals surface area contributed by atoms with Crippen LogP contribution in [0.1, 0.15) is 31.7 Å². The number of aliphatic hydroxyl groups excluding tert-OH is 1. The number of rotatable bonds is 5. The number of aromatic amines is 1. The van der Waals surface area contributed by atoms with Crippen LogP contribution in [0.4, 0.5) is 0 Å². The van der Waals surface area contributed by atoms with Gasteiger partial charge in [0.2, 0.25) is 5.91 Å². The van der Waals surface area contributed by atoms with Crippen molar-refractivity contribution in [1.29, 1.82) is 0 Å². The molecule has 1 fully saturated rings. The van der Waals surface area contributed by atoms with Crippen LogP contribution in [0, 0.1) is 12.3 Å². The predicted molar refractivity (Wildman–Crippen MR) is 88.2 cm³/mol. The van der Waals surface area contributed by atoms with Crippen molar-refractivity contribution >= 4 is 11.9 Å². The summed E-state index contributed by atoms with van der Waals surface area (Å²) in [5, 5.41) is 19.9. The highest BCUT2D eigenvalue weighted by Crippen LogP contribution is 2.36. The van der Waals surface area contributed by atoms with Crippen LogP contribution in [-0.4, -0.2) is 55.7 Å². The summed E-state index contributed by atoms with van der Waals surface area (Å²) < 4.78 is 1.09. The first-order valence-electron chi connectivity index (χ1n) is 8.21. The Morgan fingerprint density at radius 2 is 2.08 bits per heavy atom. The monoisotopic (exact) mass is 353 g/mol. The Hall–Kier alpha value is -2.42. The van der Waals surface area contributed by atoms with Crippen molar-refractivity contribution < 1.29 is 19.8 Å². The van der Waals surface area contributed by atoms with E-state index in [2.05, 4.69) is 4.98 Å². The van der Waals surface area contributed by atoms with Gasteiger partial charge in [-0.05, 0) is 19.8 Å². The van der Waals surface area contributed by atoms with Crippen LogP contribution in [0.25, 0.3) is 0 Å². The number of H-pyrrole nitrogens is 1. The summed E-state index contributed by atoms with van der Waals surface area (Å²) in [6, 6.07) is 0. The number of carbonyl (C=O) groups is 2. The quantitative estimate of drug-likeness (QED) is 0.642. The van der Waals surface area contributed by atoms with Gasteiger partial charge in [0.1, 0.15) is 6.54 Å². The third-order valence-electron chi connectivity index (χ3n) is 4.83. The number of nitrogens with zero attached hydrogens (tertiary/aromatic N) is 2. The summed E-state index contributed by atoms with van der Waals surface area (Å²) in [7, 11) is 0. The summed E-state index contributed by atoms with van der Waals surface area (Å²) in [4.78, 5) is 50.6. The molecule has 25 heavy (non-hydrogen) atoms. The van der Waals surface area contributed by atoms with Crippen molar-refractivity contribution in [2.24, 2.45) is 5.41 Å². The fraction of sp³-hybridized carbons (Fsp3) is 0.625. The van der Waals surface area contributed by atoms with Crippen molar-refractivity contribution in [2.75, 3.05) is 13.1 Å². The number of nitrogens with one attached hydrogen (secondary N) is 1. The molecule has 1 amide bonds. The van der Waals surface area contributed by atoms with E-state index in [0.717, 1.165) is 4.57 Å². The van der Waals surface area contributed by atoms with E-state index in [9.17, 15) is 29.4 Å². The van der Waals surface area contributed by atoms with E-state index in [1.165, 1.54) is 18.0 Å². The summed E-state index contributed by atoms with van der Waals surface area (Å²) in [6.45, 7) is 3.19. The van der Waals surface area contributed by atoms with Gasteiger partial charge in [-0.1, -0.05) is 13.3 Å². The van der Waals surface area contributed by atoms with Gasteiger partial charge < -0.3 is 15.1 Å². The molecule has 2 heterocycles. The standard InChI is InChI=1S/C16H23N3O6/c1-3-4-16(14(23)24)5-6-18(8-11(16)20)12(21)9-19-7-10(2)13(22)17-15(19)25/h7,11,20H,3-6,8-9H2,1-2H3,(H,23,24)(H,17,22,25)/t11-,16+/m1/s1. The van der Waals surface area contributed by atoms with Gasteiger partial charge in [-0.2, -0.15) is 0 Å². The number of hydrogen-bond donors (Lipinski definition) is 3. The van der Waals surface area contributed by atoms with Crippen molar-refractivity contribution in [2.45, 2.75) is 45.8 Å². The first-order valence-corrected chi connectivity index (χ1v) is 8.21. The van der Waals surface area contributed by atoms with Gasteiger partial charge in [0, 0.05) is 24.8 Å². The zero-order valence-electron chi connectivity index (χ0n) is 14.3. The Bertz CT molecular complexity index is 783. The number of carboxylic acids is 1. The van der Waals surface area contributed by atoms with Gasteiger partial charge >= 0.3 is 11.7 Å². The molecular formula is C16H23N3O6. The Morgan fingerprint density at radius 1 is 1.40 bits per heavy atom. The van der Waals surface area contributed by atoms with E-state index in [1.807, 2.05) is 6.92 Å². The minimum absolute atomic E-state index is 0.0950. The van der Waals surface area contributed by atoms with Crippen LogP contribution >= 0.6 is 0 Å². The average molecular weight is 353 g/mol. The van der Waals surface area contributed by atoms with Crippen molar-refractivity contribution in [3.8, 4) is 0 Å². The first kappa shape index (κ1) is 18.9. The van der Waals surface area contributed by atoms with Crippen LogP contribution in [-0.2, 0) is 16.1 Å². The molecule has 0 aliphatic carbocycles. The molecule has 1 aliphatic heterocycles. The number of likely N-dealkylation sites (tertiary alicyclic amines) is 1. The second-order valence-corrected chi connectivity index (χ2v) is 6.52. The number of hydrogen-bond acceptors (Lipinski definition) is 5. The molecular weight excluding hydrogens is 330 g/mol. The first-order chi connectivity index (χ1) is 11.7. The number of carbonyl (C=O) groups excluding carboxylic acids is 1. The van der Waals surface area contributed by atoms with E-state index in [4.69, 9.17) is 0 Å². The lowest BCUT2D eigenvalue weighted by molar-refractivity contribution is -0.167. The molecule has 9 nitrogen and oxygen atoms in total. The lowest BCUT2D eigenvalue weighted by atomic mass is 9.73. The number of aromatic nitrogens is 2. The third kappa shape index (κ3) is 3.65. The summed E-state index contributed by atoms with van der Waals surface area (Å²) in [6.07, 6.45) is 1.24. The minimum Gasteiger partial charge on any atom is -0.481 e. The molecule has 9 heteroatoms. The van der Waals surface area contributed by atoms with Crippen LogP contribution in [0.2, 0.25) is 0 Å². The highest BCUT2D eigenvalue weighted by Gasteiger charge is 2.48. The van der Waals surface area contributed by atoms with E-state index < -0.39 is 34.6 Å². The average Bonchev–Trinajstić information content (AvgIpc) is 2.54. The Balaban J connectivity index is 2.13. The molecule has 3 N–H and O–H groups in total. The zero-order valence-corrected chi connectivity index (χ0v) is 14.3. The molecule has 0 bridgehead atoms. The summed E-state index contributed by atoms with van der Waals surface area (Å²) in [5.41, 5.74) is -2.13. The molecule has 0 unspecified atom stereocenters. The molecule has 2 rings (SSSR count). The van der Waals surface area contributed by atoms with Crippen LogP contribution < -0.4 is 11.2 Å². The van der Waals surface area contributed by atoms with Gasteiger partial charge in [0.15, 0.2) is 0 Å². The Morgan fingerprint density at radius 3 is 2.64 bits per heavy atom. The lowest BCUT2D eigenvalue weighted by Crippen LogP contribution is -2.56. The molecule has 138 valence electrons. The molecule has 0 spiro atoms. The smallest absolute Gasteiger partial charge is 0.328 e. The molecule has 0 radical (unpaired) electrons. The van der Waals surface area contributed by atoms with Crippen molar-refractivity contribution in [3.05, 3.63) is 32.6 Å². The maximum Gasteiger partial charge on any atom is 0.328 e. The number of aliphatic carboxylic acids is 1. The van der Waals surface area contributed by atoms with Gasteiger partial charge in [-0.25, -0.2) is 4.79 Å². The predicted octanol–water partition coefficient (Wildman–Crippen LogP) is -0.691. The third-order valence-corrected chi connectivity index (χ3v) is 4.83. The molecule has 1 saturated heterocycles. The van der Waals surface area contributed by atoms with E-state index in [0.29, 0.717) is 18.4 Å². The fourth-order valence-corrected chi connectivity index (χ4v) is 3.28. The Kier molecular flexibility index (Phi) is 5.46. The number of amides is 1. The van der Waals surface area contributed by atoms with Crippen molar-refractivity contribution in [3.63, 3.8) is 0 Å². The van der Waals surface area contributed by atoms with E-state index in [1.54, 1.807) is 0 Å². The fourth-order valence-electron chi connectivity index (χ4n) is 3.28. The molecule has 0 aromatic carbocycles. The number of piperidine rings is 1. The van der Waals surface area contributed by atoms with Crippen LogP contribution in [0.15, 0.2) is 15.8 Å². The minimum atomic E-state index is -1.24. The molecule has 2 atom stereocenters. The molecule has 1 aromatic heterocycles. The SMILES string of the molecule is CCC[C@]1(C(=O)O)CCN(C(=O)Cn2cc(C)c(=O)[nH]c2=O)C[C@H]1O. The number of β-amino-alcohol motifs (C(OH)–C–C–N with tert-alkyl or cyclic N) is 1. The number of carboxylic acid groups (broad SMARTS) is 1. The topological polar surface area (TPSA) is 133 Å². The largest absolute Gasteiger partial charge is 0.481 e. The maximum atomic E-state index is 12.4. The normalized spacial score (nSPS) is 23.5.